The molecule has 14 heteroatoms. The molecule has 12 nitrogen and oxygen atoms in total. The normalized spacial score (nSPS) is 16.9. The predicted molar refractivity (Wildman–Crippen MR) is 275 cm³/mol. The van der Waals surface area contributed by atoms with Crippen LogP contribution in [-0.4, -0.2) is 87.6 Å². The number of H-pyrrole nitrogens is 1. The molecule has 1 aromatic heterocycles. The molecule has 0 atom stereocenters. The van der Waals surface area contributed by atoms with Gasteiger partial charge in [0.25, 0.3) is 15.9 Å². The van der Waals surface area contributed by atoms with E-state index in [1.54, 1.807) is 23.1 Å². The number of rotatable bonds is 14. The number of allylic oxidation sites excluding steroid dienone is 1. The molecule has 2 fully saturated rings. The Hall–Kier alpha value is -6.28. The summed E-state index contributed by atoms with van der Waals surface area (Å²) in [5.74, 6) is 0.312. The summed E-state index contributed by atoms with van der Waals surface area (Å²) in [4.78, 5) is 36.5. The number of halogens is 1. The molecule has 360 valence electrons. The molecule has 2 amide bonds. The number of nitrogens with one attached hydrogen (secondary N) is 3. The first kappa shape index (κ1) is 47.8. The van der Waals surface area contributed by atoms with Crippen molar-refractivity contribution >= 4 is 61.5 Å². The summed E-state index contributed by atoms with van der Waals surface area (Å²) in [6, 6.07) is 35.6. The van der Waals surface area contributed by atoms with Gasteiger partial charge in [0.1, 0.15) is 18.1 Å². The largest absolute Gasteiger partial charge is 0.456 e. The van der Waals surface area contributed by atoms with Gasteiger partial charge in [-0.05, 0) is 139 Å². The highest BCUT2D eigenvalue weighted by Gasteiger charge is 2.30. The van der Waals surface area contributed by atoms with E-state index in [4.69, 9.17) is 21.1 Å². The minimum Gasteiger partial charge on any atom is -0.456 e. The van der Waals surface area contributed by atoms with E-state index < -0.39 is 15.9 Å². The Kier molecular flexibility index (Phi) is 14.4. The quantitative estimate of drug-likeness (QED) is 0.0974. The maximum Gasteiger partial charge on any atom is 0.410 e. The Bertz CT molecular complexity index is 2940. The van der Waals surface area contributed by atoms with Gasteiger partial charge in [0.15, 0.2) is 0 Å². The van der Waals surface area contributed by atoms with Crippen LogP contribution in [0.25, 0.3) is 16.5 Å². The molecule has 6 aromatic rings. The molecule has 3 N–H and O–H groups in total. The van der Waals surface area contributed by atoms with E-state index in [9.17, 15) is 18.0 Å². The molecule has 1 aliphatic carbocycles. The number of likely N-dealkylation sites (tertiary alicyclic amines) is 1. The van der Waals surface area contributed by atoms with Crippen LogP contribution >= 0.6 is 11.6 Å². The van der Waals surface area contributed by atoms with Gasteiger partial charge in [0, 0.05) is 91.9 Å². The van der Waals surface area contributed by atoms with Crippen molar-refractivity contribution in [3.63, 3.8) is 0 Å². The second-order valence-corrected chi connectivity index (χ2v) is 21.6. The van der Waals surface area contributed by atoms with Crippen LogP contribution in [0.4, 0.5) is 16.2 Å². The van der Waals surface area contributed by atoms with Crippen molar-refractivity contribution in [2.45, 2.75) is 64.4 Å². The number of sulfonamides is 1. The van der Waals surface area contributed by atoms with Gasteiger partial charge in [-0.1, -0.05) is 73.5 Å². The summed E-state index contributed by atoms with van der Waals surface area (Å²) in [6.07, 6.45) is 6.45. The SMILES string of the molecule is Cc1cc(S(=O)(=O)NC(=O)c2ccc(N3CCN(CC4=C(c5ccc(Cl)cc5)CC(C)(C)CC4)CC3)cc2Oc2ccc3[nH]ccc3c2)ccc1NCC1CCN(C(=O)OCc2ccccc2)CC1. The fourth-order valence-corrected chi connectivity index (χ4v) is 10.9. The summed E-state index contributed by atoms with van der Waals surface area (Å²) in [6.45, 7) is 12.9. The first-order valence-corrected chi connectivity index (χ1v) is 25.8. The Morgan fingerprint density at radius 1 is 0.855 bits per heavy atom. The lowest BCUT2D eigenvalue weighted by Gasteiger charge is -2.39. The van der Waals surface area contributed by atoms with Crippen LogP contribution in [0.15, 0.2) is 132 Å². The minimum atomic E-state index is -4.27. The van der Waals surface area contributed by atoms with Crippen molar-refractivity contribution in [3.8, 4) is 11.5 Å². The number of anilines is 2. The number of piperazine rings is 1. The van der Waals surface area contributed by atoms with Gasteiger partial charge >= 0.3 is 6.09 Å². The van der Waals surface area contributed by atoms with Crippen LogP contribution < -0.4 is 19.7 Å². The van der Waals surface area contributed by atoms with Crippen molar-refractivity contribution in [2.24, 2.45) is 11.3 Å². The zero-order valence-corrected chi connectivity index (χ0v) is 41.2. The zero-order valence-electron chi connectivity index (χ0n) is 39.6. The first-order valence-electron chi connectivity index (χ1n) is 24.0. The van der Waals surface area contributed by atoms with Crippen LogP contribution in [0.2, 0.25) is 5.02 Å². The van der Waals surface area contributed by atoms with E-state index in [-0.39, 0.29) is 34.3 Å². The van der Waals surface area contributed by atoms with Gasteiger partial charge in [0.05, 0.1) is 10.5 Å². The van der Waals surface area contributed by atoms with Gasteiger partial charge in [0.2, 0.25) is 0 Å². The van der Waals surface area contributed by atoms with Gasteiger partial charge in [-0.25, -0.2) is 17.9 Å². The van der Waals surface area contributed by atoms with Crippen molar-refractivity contribution in [1.82, 2.24) is 19.5 Å². The number of aryl methyl sites for hydroxylation is 1. The lowest BCUT2D eigenvalue weighted by molar-refractivity contribution is 0.0832. The van der Waals surface area contributed by atoms with E-state index in [1.807, 2.05) is 92.0 Å². The van der Waals surface area contributed by atoms with Crippen LogP contribution in [0.1, 0.15) is 73.0 Å². The predicted octanol–water partition coefficient (Wildman–Crippen LogP) is 11.3. The topological polar surface area (TPSA) is 136 Å². The highest BCUT2D eigenvalue weighted by molar-refractivity contribution is 7.90. The Morgan fingerprint density at radius 2 is 1.62 bits per heavy atom. The molecule has 0 bridgehead atoms. The molecule has 5 aromatic carbocycles. The third-order valence-electron chi connectivity index (χ3n) is 13.9. The maximum atomic E-state index is 14.1. The van der Waals surface area contributed by atoms with E-state index in [2.05, 4.69) is 50.8 Å². The summed E-state index contributed by atoms with van der Waals surface area (Å²) in [5, 5.41) is 5.16. The third kappa shape index (κ3) is 11.8. The molecule has 0 unspecified atom stereocenters. The number of carbonyl (C=O) groups excluding carboxylic acids is 2. The van der Waals surface area contributed by atoms with E-state index in [0.717, 1.165) is 103 Å². The van der Waals surface area contributed by atoms with Gasteiger partial charge < -0.3 is 29.6 Å². The number of benzene rings is 5. The number of nitrogens with zero attached hydrogens (tertiary/aromatic N) is 3. The number of carbonyl (C=O) groups is 2. The second kappa shape index (κ2) is 20.8. The minimum absolute atomic E-state index is 0.0240. The van der Waals surface area contributed by atoms with Crippen LogP contribution in [0.3, 0.4) is 0 Å². The molecule has 3 heterocycles. The Labute approximate surface area is 410 Å². The standard InChI is InChI=1S/C55H61ClN6O6S/c1-38-31-47(15-18-50(38)58-35-39-21-25-62(26-22-39)54(64)67-37-40-7-5-4-6-8-40)69(65,66)59-53(63)48-16-13-45(33-52(48)68-46-14-17-51-42(32-46)20-24-57-51)61-29-27-60(28-30-61)36-43-19-23-55(2,3)34-49(43)41-9-11-44(56)12-10-41/h4-18,20,24,31-33,39,57-58H,19,21-23,25-30,34-37H2,1-3H3,(H,59,63). The molecule has 0 saturated carbocycles. The average molecular weight is 970 g/mol. The Morgan fingerprint density at radius 3 is 2.38 bits per heavy atom. The van der Waals surface area contributed by atoms with Crippen molar-refractivity contribution < 1.29 is 27.5 Å². The van der Waals surface area contributed by atoms with E-state index in [1.165, 1.54) is 22.8 Å². The number of fused-ring (bicyclic) bond motifs is 1. The zero-order chi connectivity index (χ0) is 48.1. The lowest BCUT2D eigenvalue weighted by atomic mass is 9.72. The summed E-state index contributed by atoms with van der Waals surface area (Å²) in [7, 11) is -4.27. The van der Waals surface area contributed by atoms with Crippen molar-refractivity contribution in [3.05, 3.63) is 154 Å². The van der Waals surface area contributed by atoms with E-state index >= 15 is 0 Å². The monoisotopic (exact) mass is 968 g/mol. The molecule has 2 aliphatic heterocycles. The summed E-state index contributed by atoms with van der Waals surface area (Å²) in [5.41, 5.74) is 8.84. The second-order valence-electron chi connectivity index (χ2n) is 19.5. The average Bonchev–Trinajstić information content (AvgIpc) is 3.82. The maximum absolute atomic E-state index is 14.1. The van der Waals surface area contributed by atoms with E-state index in [0.29, 0.717) is 31.3 Å². The summed E-state index contributed by atoms with van der Waals surface area (Å²) < 4.78 is 42.0. The van der Waals surface area contributed by atoms with Crippen molar-refractivity contribution in [1.29, 1.82) is 0 Å². The fraction of sp³-hybridized carbons (Fsp3) is 0.345. The number of hydrogen-bond donors (Lipinski definition) is 3. The molecule has 0 spiro atoms. The number of aromatic nitrogens is 1. The number of amides is 2. The molecule has 2 saturated heterocycles. The molecule has 0 radical (unpaired) electrons. The highest BCUT2D eigenvalue weighted by Crippen LogP contribution is 2.43. The van der Waals surface area contributed by atoms with Crippen LogP contribution in [0, 0.1) is 18.3 Å². The van der Waals surface area contributed by atoms with Gasteiger partial charge in [-0.3, -0.25) is 9.69 Å². The summed E-state index contributed by atoms with van der Waals surface area (Å²) >= 11 is 6.27. The molecule has 69 heavy (non-hydrogen) atoms. The third-order valence-corrected chi connectivity index (χ3v) is 15.5. The van der Waals surface area contributed by atoms with Gasteiger partial charge in [-0.15, -0.1) is 0 Å². The molecule has 9 rings (SSSR count). The van der Waals surface area contributed by atoms with Crippen molar-refractivity contribution in [2.75, 3.05) is 62.6 Å². The smallest absolute Gasteiger partial charge is 0.410 e. The van der Waals surface area contributed by atoms with Gasteiger partial charge in [-0.2, -0.15) is 0 Å². The van der Waals surface area contributed by atoms with Crippen LogP contribution in [0.5, 0.6) is 11.5 Å². The number of piperidine rings is 1. The molecular weight excluding hydrogens is 908 g/mol. The lowest BCUT2D eigenvalue weighted by Crippen LogP contribution is -2.47. The highest BCUT2D eigenvalue weighted by atomic mass is 35.5. The number of aromatic amines is 1. The molecule has 3 aliphatic rings. The first-order chi connectivity index (χ1) is 33.2. The fourth-order valence-electron chi connectivity index (χ4n) is 9.72. The molecular formula is C55H61ClN6O6S. The Balaban J connectivity index is 0.842. The number of hydrogen-bond acceptors (Lipinski definition) is 9. The number of ether oxygens (including phenoxy) is 2. The van der Waals surface area contributed by atoms with Crippen LogP contribution in [-0.2, 0) is 21.4 Å².